The molecule has 3 heterocycles. The van der Waals surface area contributed by atoms with E-state index in [-0.39, 0.29) is 18.0 Å². The van der Waals surface area contributed by atoms with Gasteiger partial charge in [-0.15, -0.1) is 11.3 Å². The van der Waals surface area contributed by atoms with Gasteiger partial charge in [0, 0.05) is 29.7 Å². The molecule has 1 aromatic heterocycles. The minimum atomic E-state index is -0.215. The average Bonchev–Trinajstić information content (AvgIpc) is 3.35. The summed E-state index contributed by atoms with van der Waals surface area (Å²) in [5.41, 5.74) is 1.77. The van der Waals surface area contributed by atoms with Crippen molar-refractivity contribution in [1.29, 1.82) is 0 Å². The molecule has 0 unspecified atom stereocenters. The fourth-order valence-corrected chi connectivity index (χ4v) is 5.03. The summed E-state index contributed by atoms with van der Waals surface area (Å²) in [4.78, 5) is 28.9. The molecule has 5 rings (SSSR count). The van der Waals surface area contributed by atoms with Crippen LogP contribution in [0.25, 0.3) is 10.4 Å². The van der Waals surface area contributed by atoms with Crippen LogP contribution in [-0.2, 0) is 0 Å². The van der Waals surface area contributed by atoms with E-state index < -0.39 is 0 Å². The third-order valence-electron chi connectivity index (χ3n) is 5.79. The van der Waals surface area contributed by atoms with Crippen LogP contribution in [0.1, 0.15) is 22.5 Å². The Labute approximate surface area is 196 Å². The summed E-state index contributed by atoms with van der Waals surface area (Å²) in [6.45, 7) is 2.34. The summed E-state index contributed by atoms with van der Waals surface area (Å²) < 4.78 is 11.3. The van der Waals surface area contributed by atoms with Gasteiger partial charge >= 0.3 is 6.03 Å². The number of urea groups is 1. The zero-order valence-electron chi connectivity index (χ0n) is 18.1. The first-order chi connectivity index (χ1) is 16.2. The molecule has 8 heteroatoms. The molecule has 170 valence electrons. The third kappa shape index (κ3) is 4.96. The molecule has 0 radical (unpaired) electrons. The first kappa shape index (κ1) is 21.3. The monoisotopic (exact) mass is 463 g/mol. The van der Waals surface area contributed by atoms with E-state index in [1.165, 1.54) is 11.3 Å². The number of thiophene rings is 1. The minimum absolute atomic E-state index is 0.0379. The zero-order chi connectivity index (χ0) is 22.6. The number of para-hydroxylation sites is 1. The third-order valence-corrected chi connectivity index (χ3v) is 6.91. The van der Waals surface area contributed by atoms with Gasteiger partial charge in [-0.2, -0.15) is 0 Å². The lowest BCUT2D eigenvalue weighted by molar-refractivity contribution is 0.0714. The average molecular weight is 464 g/mol. The highest BCUT2D eigenvalue weighted by Crippen LogP contribution is 2.37. The Hall–Kier alpha value is -3.52. The van der Waals surface area contributed by atoms with Crippen molar-refractivity contribution < 1.29 is 19.1 Å². The highest BCUT2D eigenvalue weighted by molar-refractivity contribution is 7.17. The molecule has 0 atom stereocenters. The Morgan fingerprint density at radius 1 is 0.909 bits per heavy atom. The molecule has 3 amide bonds. The molecule has 2 aliphatic rings. The number of fused-ring (bicyclic) bond motifs is 1. The highest BCUT2D eigenvalue weighted by atomic mass is 32.1. The van der Waals surface area contributed by atoms with Gasteiger partial charge in [0.2, 0.25) is 0 Å². The SMILES string of the molecule is O=C(Nc1ccccc1)NC1CCN(C(=O)c2ccc(-c3ccc4c(c3)OCCO4)s2)CC1. The molecule has 2 N–H and O–H groups in total. The first-order valence-corrected chi connectivity index (χ1v) is 11.9. The second-order valence-corrected chi connectivity index (χ2v) is 9.14. The summed E-state index contributed by atoms with van der Waals surface area (Å²) in [5.74, 6) is 1.54. The minimum Gasteiger partial charge on any atom is -0.486 e. The molecule has 33 heavy (non-hydrogen) atoms. The number of carbonyl (C=O) groups is 2. The maximum Gasteiger partial charge on any atom is 0.319 e. The van der Waals surface area contributed by atoms with Gasteiger partial charge in [0.1, 0.15) is 13.2 Å². The number of rotatable bonds is 4. The second kappa shape index (κ2) is 9.54. The molecule has 3 aromatic rings. The molecule has 0 spiro atoms. The van der Waals surface area contributed by atoms with Crippen LogP contribution < -0.4 is 20.1 Å². The zero-order valence-corrected chi connectivity index (χ0v) is 18.9. The van der Waals surface area contributed by atoms with Gasteiger partial charge in [0.25, 0.3) is 5.91 Å². The van der Waals surface area contributed by atoms with Crippen LogP contribution in [0.4, 0.5) is 10.5 Å². The molecule has 2 aromatic carbocycles. The summed E-state index contributed by atoms with van der Waals surface area (Å²) >= 11 is 1.48. The molecule has 0 saturated carbocycles. The number of carbonyl (C=O) groups excluding carboxylic acids is 2. The number of hydrogen-bond donors (Lipinski definition) is 2. The van der Waals surface area contributed by atoms with Crippen molar-refractivity contribution in [2.75, 3.05) is 31.6 Å². The predicted octanol–water partition coefficient (Wildman–Crippen LogP) is 4.61. The molecule has 1 saturated heterocycles. The van der Waals surface area contributed by atoms with E-state index >= 15 is 0 Å². The Morgan fingerprint density at radius 2 is 1.67 bits per heavy atom. The molecule has 1 fully saturated rings. The van der Waals surface area contributed by atoms with Crippen molar-refractivity contribution in [3.8, 4) is 21.9 Å². The number of anilines is 1. The number of nitrogens with one attached hydrogen (secondary N) is 2. The summed E-state index contributed by atoms with van der Waals surface area (Å²) in [7, 11) is 0. The lowest BCUT2D eigenvalue weighted by Crippen LogP contribution is -2.47. The molecular formula is C25H25N3O4S. The first-order valence-electron chi connectivity index (χ1n) is 11.1. The lowest BCUT2D eigenvalue weighted by Gasteiger charge is -2.32. The topological polar surface area (TPSA) is 79.9 Å². The summed E-state index contributed by atoms with van der Waals surface area (Å²) in [6.07, 6.45) is 1.46. The van der Waals surface area contributed by atoms with E-state index in [2.05, 4.69) is 10.6 Å². The smallest absolute Gasteiger partial charge is 0.319 e. The van der Waals surface area contributed by atoms with Crippen molar-refractivity contribution in [2.45, 2.75) is 18.9 Å². The van der Waals surface area contributed by atoms with Gasteiger partial charge in [-0.1, -0.05) is 18.2 Å². The van der Waals surface area contributed by atoms with Crippen molar-refractivity contribution >= 4 is 29.0 Å². The van der Waals surface area contributed by atoms with E-state index in [4.69, 9.17) is 9.47 Å². The molecule has 0 aliphatic carbocycles. The number of benzene rings is 2. The van der Waals surface area contributed by atoms with Crippen molar-refractivity contribution in [1.82, 2.24) is 10.2 Å². The van der Waals surface area contributed by atoms with E-state index in [0.717, 1.165) is 40.5 Å². The molecular weight excluding hydrogens is 438 g/mol. The van der Waals surface area contributed by atoms with Crippen LogP contribution >= 0.6 is 11.3 Å². The lowest BCUT2D eigenvalue weighted by atomic mass is 10.1. The quantitative estimate of drug-likeness (QED) is 0.592. The Balaban J connectivity index is 1.15. The van der Waals surface area contributed by atoms with E-state index in [0.29, 0.717) is 31.2 Å². The standard InChI is InChI=1S/C25H25N3O4S/c29-24(23-9-8-22(33-23)17-6-7-20-21(16-17)32-15-14-31-20)28-12-10-19(11-13-28)27-25(30)26-18-4-2-1-3-5-18/h1-9,16,19H,10-15H2,(H2,26,27,30). The second-order valence-electron chi connectivity index (χ2n) is 8.05. The highest BCUT2D eigenvalue weighted by Gasteiger charge is 2.26. The normalized spacial score (nSPS) is 15.7. The van der Waals surface area contributed by atoms with Gasteiger partial charge in [-0.3, -0.25) is 4.79 Å². The van der Waals surface area contributed by atoms with Gasteiger partial charge in [0.05, 0.1) is 4.88 Å². The van der Waals surface area contributed by atoms with E-state index in [9.17, 15) is 9.59 Å². The summed E-state index contributed by atoms with van der Waals surface area (Å²) in [5, 5.41) is 5.85. The number of piperidine rings is 1. The van der Waals surface area contributed by atoms with Crippen molar-refractivity contribution in [3.05, 3.63) is 65.5 Å². The van der Waals surface area contributed by atoms with Crippen LogP contribution in [0.15, 0.2) is 60.7 Å². The van der Waals surface area contributed by atoms with Crippen LogP contribution in [0.3, 0.4) is 0 Å². The number of hydrogen-bond acceptors (Lipinski definition) is 5. The Bertz CT molecular complexity index is 1140. The molecule has 0 bridgehead atoms. The van der Waals surface area contributed by atoms with Gasteiger partial charge in [-0.25, -0.2) is 4.79 Å². The number of likely N-dealkylation sites (tertiary alicyclic amines) is 1. The Kier molecular flexibility index (Phi) is 6.17. The van der Waals surface area contributed by atoms with Gasteiger partial charge < -0.3 is 25.0 Å². The largest absolute Gasteiger partial charge is 0.486 e. The van der Waals surface area contributed by atoms with Crippen LogP contribution in [-0.4, -0.2) is 49.2 Å². The van der Waals surface area contributed by atoms with E-state index in [1.807, 2.05) is 65.6 Å². The molecule has 2 aliphatic heterocycles. The van der Waals surface area contributed by atoms with Crippen molar-refractivity contribution in [2.24, 2.45) is 0 Å². The fourth-order valence-electron chi connectivity index (χ4n) is 4.06. The maximum atomic E-state index is 13.0. The van der Waals surface area contributed by atoms with Crippen LogP contribution in [0.2, 0.25) is 0 Å². The molecule has 7 nitrogen and oxygen atoms in total. The number of nitrogens with zero attached hydrogens (tertiary/aromatic N) is 1. The van der Waals surface area contributed by atoms with Gasteiger partial charge in [0.15, 0.2) is 11.5 Å². The number of amides is 3. The predicted molar refractivity (Wildman–Crippen MR) is 128 cm³/mol. The Morgan fingerprint density at radius 3 is 2.45 bits per heavy atom. The van der Waals surface area contributed by atoms with Crippen molar-refractivity contribution in [3.63, 3.8) is 0 Å². The van der Waals surface area contributed by atoms with Crippen LogP contribution in [0, 0.1) is 0 Å². The van der Waals surface area contributed by atoms with Crippen LogP contribution in [0.5, 0.6) is 11.5 Å². The fraction of sp³-hybridized carbons (Fsp3) is 0.280. The van der Waals surface area contributed by atoms with Gasteiger partial charge in [-0.05, 0) is 60.9 Å². The number of ether oxygens (including phenoxy) is 2. The summed E-state index contributed by atoms with van der Waals surface area (Å²) in [6, 6.07) is 18.9. The maximum absolute atomic E-state index is 13.0. The van der Waals surface area contributed by atoms with E-state index in [1.54, 1.807) is 0 Å².